The van der Waals surface area contributed by atoms with Crippen molar-refractivity contribution in [3.8, 4) is 23.2 Å². The molecule has 39 heavy (non-hydrogen) atoms. The molecule has 0 fully saturated rings. The number of nitrogens with one attached hydrogen (secondary N) is 1. The third-order valence-electron chi connectivity index (χ3n) is 5.95. The quantitative estimate of drug-likeness (QED) is 0.284. The van der Waals surface area contributed by atoms with E-state index < -0.39 is 0 Å². The van der Waals surface area contributed by atoms with Crippen molar-refractivity contribution in [2.45, 2.75) is 24.8 Å². The van der Waals surface area contributed by atoms with Gasteiger partial charge in [-0.3, -0.25) is 20.0 Å². The molecule has 0 saturated carbocycles. The standard InChI is InChI=1S/C25H31N9O3.CH3.Sb/c1-15(14-35)29-22-13-33(3)8-10-37-25-23(16(2)32-34(25)4)20-11-18-19(30-31-21(18)12-28-20)6-5-17(22)24(27)36-9-7-26;;/h5-6,11-12,15,35H,8-10,13-14,27H2,1-4H3,(H,30,31);1H3;/b6-5+,24-17+,29-22?;;. The van der Waals surface area contributed by atoms with Gasteiger partial charge >= 0.3 is 27.9 Å². The topological polar surface area (TPSA) is 163 Å². The van der Waals surface area contributed by atoms with E-state index in [9.17, 15) is 5.11 Å². The molecule has 2 radical (unpaired) electrons. The van der Waals surface area contributed by atoms with Gasteiger partial charge in [-0.2, -0.15) is 15.5 Å². The van der Waals surface area contributed by atoms with Crippen LogP contribution in [0.25, 0.3) is 28.2 Å². The Balaban J connectivity index is 0.00000205. The van der Waals surface area contributed by atoms with Crippen molar-refractivity contribution in [3.05, 3.63) is 41.2 Å². The molecule has 4 rings (SSSR count). The van der Waals surface area contributed by atoms with E-state index in [4.69, 9.17) is 25.5 Å². The minimum atomic E-state index is -0.367. The van der Waals surface area contributed by atoms with Gasteiger partial charge in [0.05, 0.1) is 58.3 Å². The van der Waals surface area contributed by atoms with Crippen LogP contribution in [-0.4, -0.2) is 110 Å². The summed E-state index contributed by atoms with van der Waals surface area (Å²) in [4.78, 5) is 13.4. The van der Waals surface area contributed by atoms with Crippen LogP contribution in [-0.2, 0) is 11.8 Å². The third kappa shape index (κ3) is 7.18. The zero-order valence-electron chi connectivity index (χ0n) is 22.8. The molecule has 0 aromatic carbocycles. The number of aliphatic imine (C=N–C) groups is 1. The molecule has 1 atom stereocenters. The molecule has 0 amide bonds. The fraction of sp³-hybridized carbons (Fsp3) is 0.423. The van der Waals surface area contributed by atoms with Crippen LogP contribution in [0, 0.1) is 18.3 Å². The van der Waals surface area contributed by atoms with E-state index in [2.05, 4.69) is 25.2 Å². The molecular formula is C26H34N9O3Sb. The Kier molecular flexibility index (Phi) is 10.9. The zero-order valence-corrected chi connectivity index (χ0v) is 25.4. The Hall–Kier alpha value is -3.39. The van der Waals surface area contributed by atoms with Crippen molar-refractivity contribution >= 4 is 45.7 Å². The molecule has 0 spiro atoms. The monoisotopic (exact) mass is 641 g/mol. The fourth-order valence-corrected chi connectivity index (χ4v) is 4.10. The van der Waals surface area contributed by atoms with Crippen LogP contribution >= 0.6 is 0 Å². The number of hydrogen-bond donors (Lipinski definition) is 3. The van der Waals surface area contributed by atoms with Gasteiger partial charge < -0.3 is 20.3 Å². The average molecular weight is 642 g/mol. The molecule has 12 nitrogen and oxygen atoms in total. The van der Waals surface area contributed by atoms with Crippen molar-refractivity contribution < 1.29 is 14.6 Å². The predicted octanol–water partition coefficient (Wildman–Crippen LogP) is 1.74. The first-order chi connectivity index (χ1) is 18.8. The Morgan fingerprint density at radius 1 is 1.38 bits per heavy atom. The number of hydrogen-bond acceptors (Lipinski definition) is 10. The van der Waals surface area contributed by atoms with Crippen LogP contribution < -0.4 is 10.5 Å². The first-order valence-corrected chi connectivity index (χ1v) is 14.9. The summed E-state index contributed by atoms with van der Waals surface area (Å²) in [5.74, 6) is 0.692. The fourth-order valence-electron chi connectivity index (χ4n) is 4.10. The Morgan fingerprint density at radius 2 is 2.15 bits per heavy atom. The number of ether oxygens (including phenoxy) is 2. The van der Waals surface area contributed by atoms with Crippen LogP contribution in [0.15, 0.2) is 34.8 Å². The van der Waals surface area contributed by atoms with Crippen LogP contribution in [0.3, 0.4) is 0 Å². The number of nitriles is 1. The van der Waals surface area contributed by atoms with Gasteiger partial charge in [0, 0.05) is 25.5 Å². The molecule has 1 aliphatic heterocycles. The molecule has 13 heteroatoms. The van der Waals surface area contributed by atoms with Gasteiger partial charge in [-0.15, -0.1) is 0 Å². The van der Waals surface area contributed by atoms with Gasteiger partial charge in [0.15, 0.2) is 12.5 Å². The third-order valence-corrected chi connectivity index (χ3v) is 5.95. The molecule has 0 aliphatic carbocycles. The summed E-state index contributed by atoms with van der Waals surface area (Å²) < 4.78 is 13.4. The van der Waals surface area contributed by atoms with Gasteiger partial charge in [-0.25, -0.2) is 4.68 Å². The summed E-state index contributed by atoms with van der Waals surface area (Å²) in [6.45, 7) is 4.75. The number of aromatic nitrogens is 5. The Bertz CT molecular complexity index is 1420. The molecule has 2 bridgehead atoms. The number of H-pyrrole nitrogens is 1. The van der Waals surface area contributed by atoms with E-state index in [1.807, 2.05) is 44.1 Å². The Morgan fingerprint density at radius 3 is 2.87 bits per heavy atom. The molecule has 1 unspecified atom stereocenters. The van der Waals surface area contributed by atoms with Crippen molar-refractivity contribution in [2.75, 3.05) is 40.0 Å². The van der Waals surface area contributed by atoms with Crippen LogP contribution in [0.4, 0.5) is 0 Å². The molecule has 0 saturated heterocycles. The second-order valence-electron chi connectivity index (χ2n) is 8.86. The SMILES string of the molecule is Cc1nn(C)c2c1-c1cc3c(n[nH]c3cn1)/C=C/C(=C(/N)OCC#N)C(=NC(C)CO)CN(C)CCO2.[CH3][Sb]. The normalized spacial score (nSPS) is 18.2. The van der Waals surface area contributed by atoms with Gasteiger partial charge in [-0.1, -0.05) is 0 Å². The summed E-state index contributed by atoms with van der Waals surface area (Å²) in [7, 11) is 3.78. The average Bonchev–Trinajstić information content (AvgIpc) is 3.46. The summed E-state index contributed by atoms with van der Waals surface area (Å²) >= 11 is 1.75. The maximum atomic E-state index is 9.67. The van der Waals surface area contributed by atoms with E-state index in [0.29, 0.717) is 42.6 Å². The number of aromatic amines is 1. The molecule has 206 valence electrons. The van der Waals surface area contributed by atoms with E-state index in [1.165, 1.54) is 0 Å². The number of aliphatic hydroxyl groups is 1. The molecule has 3 aromatic heterocycles. The first-order valence-electron chi connectivity index (χ1n) is 12.3. The van der Waals surface area contributed by atoms with Crippen molar-refractivity contribution in [1.29, 1.82) is 5.26 Å². The number of aliphatic hydroxyl groups excluding tert-OH is 1. The molecule has 4 N–H and O–H groups in total. The molecule has 3 aromatic rings. The number of nitrogens with two attached hydrogens (primary N) is 1. The summed E-state index contributed by atoms with van der Waals surface area (Å²) in [5.41, 5.74) is 11.2. The van der Waals surface area contributed by atoms with Gasteiger partial charge in [0.25, 0.3) is 0 Å². The Labute approximate surface area is 241 Å². The van der Waals surface area contributed by atoms with Gasteiger partial charge in [0.1, 0.15) is 12.7 Å². The van der Waals surface area contributed by atoms with E-state index in [-0.39, 0.29) is 25.1 Å². The second-order valence-corrected chi connectivity index (χ2v) is 8.86. The van der Waals surface area contributed by atoms with Crippen LogP contribution in [0.1, 0.15) is 18.3 Å². The summed E-state index contributed by atoms with van der Waals surface area (Å²) in [6.07, 6.45) is 5.32. The summed E-state index contributed by atoms with van der Waals surface area (Å²) in [5, 5.41) is 31.5. The molecule has 1 aliphatic rings. The maximum absolute atomic E-state index is 9.67. The number of pyridine rings is 1. The zero-order chi connectivity index (χ0) is 28.5. The second kappa shape index (κ2) is 14.1. The first kappa shape index (κ1) is 30.2. The number of likely N-dealkylation sites (N-methyl/N-ethyl adjacent to an activating group) is 1. The van der Waals surface area contributed by atoms with Crippen molar-refractivity contribution in [1.82, 2.24) is 29.9 Å². The number of nitrogens with zero attached hydrogens (tertiary/aromatic N) is 7. The minimum absolute atomic E-state index is 0.0620. The van der Waals surface area contributed by atoms with E-state index in [0.717, 1.165) is 27.9 Å². The van der Waals surface area contributed by atoms with Crippen LogP contribution in [0.5, 0.6) is 5.88 Å². The number of rotatable bonds is 4. The molecular weight excluding hydrogens is 608 g/mol. The van der Waals surface area contributed by atoms with Crippen LogP contribution in [0.2, 0.25) is 4.87 Å². The van der Waals surface area contributed by atoms with Gasteiger partial charge in [0.2, 0.25) is 5.88 Å². The van der Waals surface area contributed by atoms with Crippen molar-refractivity contribution in [3.63, 3.8) is 0 Å². The number of aryl methyl sites for hydroxylation is 2. The summed E-state index contributed by atoms with van der Waals surface area (Å²) in [6, 6.07) is 3.52. The number of fused-ring (bicyclic) bond motifs is 3. The van der Waals surface area contributed by atoms with Crippen molar-refractivity contribution in [2.24, 2.45) is 17.8 Å². The molecule has 4 heterocycles. The van der Waals surface area contributed by atoms with E-state index >= 15 is 0 Å². The van der Waals surface area contributed by atoms with E-state index in [1.54, 1.807) is 46.9 Å². The van der Waals surface area contributed by atoms with Gasteiger partial charge in [-0.05, 0) is 39.1 Å². The number of allylic oxidation sites excluding steroid dienone is 1. The predicted molar refractivity (Wildman–Crippen MR) is 151 cm³/mol.